The van der Waals surface area contributed by atoms with Crippen molar-refractivity contribution in [3.05, 3.63) is 35.1 Å². The van der Waals surface area contributed by atoms with Crippen LogP contribution in [0.25, 0.3) is 0 Å². The smallest absolute Gasteiger partial charge is 0.254 e. The number of alkyl halides is 2. The van der Waals surface area contributed by atoms with Crippen molar-refractivity contribution in [3.63, 3.8) is 0 Å². The van der Waals surface area contributed by atoms with E-state index in [1.54, 1.807) is 12.1 Å². The molecule has 2 aliphatic rings. The second-order valence-corrected chi connectivity index (χ2v) is 5.86. The number of rotatable bonds is 2. The minimum absolute atomic E-state index is 0.0130. The summed E-state index contributed by atoms with van der Waals surface area (Å²) >= 11 is 0. The summed E-state index contributed by atoms with van der Waals surface area (Å²) in [5.74, 6) is -2.89. The maximum Gasteiger partial charge on any atom is 0.254 e. The molecule has 1 aliphatic heterocycles. The third-order valence-electron chi connectivity index (χ3n) is 4.60. The quantitative estimate of drug-likeness (QED) is 0.831. The Hall–Kier alpha value is -1.54. The Morgan fingerprint density at radius 3 is 2.40 bits per heavy atom. The Morgan fingerprint density at radius 2 is 1.90 bits per heavy atom. The Balaban J connectivity index is 1.62. The average molecular weight is 280 g/mol. The molecule has 1 heterocycles. The topological polar surface area (TPSA) is 27.0 Å². The van der Waals surface area contributed by atoms with Crippen LogP contribution in [0.3, 0.4) is 0 Å². The van der Waals surface area contributed by atoms with Gasteiger partial charge < -0.3 is 0 Å². The molecule has 0 N–H and O–H groups in total. The van der Waals surface area contributed by atoms with Gasteiger partial charge in [-0.2, -0.15) is 5.26 Å². The maximum atomic E-state index is 13.8. The number of hydrogen-bond donors (Lipinski definition) is 0. The minimum atomic E-state index is -2.49. The molecule has 20 heavy (non-hydrogen) atoms. The lowest BCUT2D eigenvalue weighted by Gasteiger charge is -2.32. The van der Waals surface area contributed by atoms with E-state index in [9.17, 15) is 13.2 Å². The van der Waals surface area contributed by atoms with Crippen LogP contribution in [0.5, 0.6) is 0 Å². The zero-order valence-electron chi connectivity index (χ0n) is 11.0. The first kappa shape index (κ1) is 13.4. The molecule has 1 saturated carbocycles. The van der Waals surface area contributed by atoms with Gasteiger partial charge in [0, 0.05) is 23.9 Å². The summed E-state index contributed by atoms with van der Waals surface area (Å²) in [4.78, 5) is 2.00. The lowest BCUT2D eigenvalue weighted by molar-refractivity contribution is 0.0298. The fraction of sp³-hybridized carbons (Fsp3) is 0.533. The van der Waals surface area contributed by atoms with E-state index in [-0.39, 0.29) is 6.42 Å². The summed E-state index contributed by atoms with van der Waals surface area (Å²) in [5, 5.41) is 8.69. The normalized spacial score (nSPS) is 23.5. The summed E-state index contributed by atoms with van der Waals surface area (Å²) in [5.41, 5.74) is 0.0381. The second kappa shape index (κ2) is 4.49. The van der Waals surface area contributed by atoms with Crippen LogP contribution >= 0.6 is 0 Å². The number of halogens is 3. The molecule has 0 radical (unpaired) electrons. The highest BCUT2D eigenvalue weighted by Gasteiger charge is 2.70. The highest BCUT2D eigenvalue weighted by atomic mass is 19.3. The van der Waals surface area contributed by atoms with E-state index in [0.717, 1.165) is 0 Å². The van der Waals surface area contributed by atoms with Crippen molar-refractivity contribution in [2.75, 3.05) is 13.1 Å². The molecule has 2 fully saturated rings. The fourth-order valence-electron chi connectivity index (χ4n) is 3.05. The van der Waals surface area contributed by atoms with Crippen molar-refractivity contribution in [1.82, 2.24) is 4.90 Å². The monoisotopic (exact) mass is 280 g/mol. The number of piperidine rings is 1. The van der Waals surface area contributed by atoms with Crippen LogP contribution in [0.15, 0.2) is 18.2 Å². The zero-order valence-corrected chi connectivity index (χ0v) is 11.0. The van der Waals surface area contributed by atoms with Gasteiger partial charge >= 0.3 is 0 Å². The minimum Gasteiger partial charge on any atom is -0.299 e. The Labute approximate surface area is 115 Å². The molecule has 0 atom stereocenters. The maximum absolute atomic E-state index is 13.8. The van der Waals surface area contributed by atoms with E-state index in [4.69, 9.17) is 5.26 Å². The van der Waals surface area contributed by atoms with Crippen LogP contribution in [0.4, 0.5) is 13.2 Å². The number of hydrogen-bond acceptors (Lipinski definition) is 2. The van der Waals surface area contributed by atoms with Gasteiger partial charge in [0.05, 0.1) is 11.6 Å². The summed E-state index contributed by atoms with van der Waals surface area (Å²) in [6.07, 6.45) is 0.981. The van der Waals surface area contributed by atoms with Crippen LogP contribution in [0.2, 0.25) is 0 Å². The Kier molecular flexibility index (Phi) is 3.02. The third kappa shape index (κ3) is 2.18. The van der Waals surface area contributed by atoms with Gasteiger partial charge in [0.15, 0.2) is 0 Å². The molecular weight excluding hydrogens is 265 g/mol. The van der Waals surface area contributed by atoms with Gasteiger partial charge in [0.25, 0.3) is 5.92 Å². The van der Waals surface area contributed by atoms with Crippen LogP contribution in [-0.4, -0.2) is 23.9 Å². The van der Waals surface area contributed by atoms with Crippen molar-refractivity contribution in [1.29, 1.82) is 5.26 Å². The van der Waals surface area contributed by atoms with E-state index >= 15 is 0 Å². The Bertz CT molecular complexity index is 569. The van der Waals surface area contributed by atoms with E-state index in [0.29, 0.717) is 43.6 Å². The molecule has 2 nitrogen and oxygen atoms in total. The van der Waals surface area contributed by atoms with Gasteiger partial charge in [0.1, 0.15) is 5.82 Å². The molecule has 1 aliphatic carbocycles. The van der Waals surface area contributed by atoms with E-state index in [2.05, 4.69) is 0 Å². The predicted molar refractivity (Wildman–Crippen MR) is 67.6 cm³/mol. The number of likely N-dealkylation sites (tertiary alicyclic amines) is 1. The molecule has 1 saturated heterocycles. The highest BCUT2D eigenvalue weighted by Crippen LogP contribution is 2.65. The lowest BCUT2D eigenvalue weighted by atomic mass is 9.92. The lowest BCUT2D eigenvalue weighted by Crippen LogP contribution is -2.36. The first-order chi connectivity index (χ1) is 9.46. The first-order valence-corrected chi connectivity index (χ1v) is 6.75. The summed E-state index contributed by atoms with van der Waals surface area (Å²) in [7, 11) is 0. The SMILES string of the molecule is N#Cc1ccc(CN2CCC3(CC2)CC3(F)F)c(F)c1. The van der Waals surface area contributed by atoms with Gasteiger partial charge in [-0.05, 0) is 38.1 Å². The van der Waals surface area contributed by atoms with Crippen molar-refractivity contribution in [2.24, 2.45) is 5.41 Å². The molecule has 0 amide bonds. The van der Waals surface area contributed by atoms with Gasteiger partial charge in [0.2, 0.25) is 0 Å². The van der Waals surface area contributed by atoms with Crippen LogP contribution < -0.4 is 0 Å². The molecule has 1 aromatic rings. The summed E-state index contributed by atoms with van der Waals surface area (Å²) in [6, 6.07) is 6.29. The third-order valence-corrected chi connectivity index (χ3v) is 4.60. The first-order valence-electron chi connectivity index (χ1n) is 6.75. The summed E-state index contributed by atoms with van der Waals surface area (Å²) in [6.45, 7) is 1.57. The zero-order chi connectivity index (χ0) is 14.4. The number of benzene rings is 1. The predicted octanol–water partition coefficient (Wildman–Crippen LogP) is 3.32. The molecule has 0 unspecified atom stereocenters. The van der Waals surface area contributed by atoms with Gasteiger partial charge in [-0.25, -0.2) is 13.2 Å². The van der Waals surface area contributed by atoms with Crippen molar-refractivity contribution in [2.45, 2.75) is 31.7 Å². The molecule has 0 bridgehead atoms. The van der Waals surface area contributed by atoms with Crippen molar-refractivity contribution >= 4 is 0 Å². The van der Waals surface area contributed by atoms with Crippen LogP contribution in [0, 0.1) is 22.6 Å². The molecule has 5 heteroatoms. The van der Waals surface area contributed by atoms with E-state index < -0.39 is 17.2 Å². The van der Waals surface area contributed by atoms with E-state index in [1.165, 1.54) is 6.07 Å². The largest absolute Gasteiger partial charge is 0.299 e. The standard InChI is InChI=1S/C15H15F3N2/c16-13-7-11(8-19)1-2-12(13)9-20-5-3-14(4-6-20)10-15(14,17)18/h1-2,7H,3-6,9-10H2. The van der Waals surface area contributed by atoms with Crippen LogP contribution in [0.1, 0.15) is 30.4 Å². The van der Waals surface area contributed by atoms with Gasteiger partial charge in [-0.3, -0.25) is 4.90 Å². The number of nitrogens with zero attached hydrogens (tertiary/aromatic N) is 2. The molecule has 0 aromatic heterocycles. The fourth-order valence-corrected chi connectivity index (χ4v) is 3.05. The van der Waals surface area contributed by atoms with Gasteiger partial charge in [-0.15, -0.1) is 0 Å². The van der Waals surface area contributed by atoms with Crippen LogP contribution in [-0.2, 0) is 6.54 Å². The van der Waals surface area contributed by atoms with Crippen molar-refractivity contribution in [3.8, 4) is 6.07 Å². The van der Waals surface area contributed by atoms with Gasteiger partial charge in [-0.1, -0.05) is 6.07 Å². The Morgan fingerprint density at radius 1 is 1.25 bits per heavy atom. The van der Waals surface area contributed by atoms with E-state index in [1.807, 2.05) is 11.0 Å². The average Bonchev–Trinajstić information content (AvgIpc) is 2.95. The number of nitriles is 1. The molecule has 1 aromatic carbocycles. The highest BCUT2D eigenvalue weighted by molar-refractivity contribution is 5.32. The van der Waals surface area contributed by atoms with Crippen molar-refractivity contribution < 1.29 is 13.2 Å². The summed E-state index contributed by atoms with van der Waals surface area (Å²) < 4.78 is 40.3. The molecule has 3 rings (SSSR count). The molecule has 106 valence electrons. The second-order valence-electron chi connectivity index (χ2n) is 5.86. The molecular formula is C15H15F3N2. The molecule has 1 spiro atoms.